The third kappa shape index (κ3) is 2.10. The smallest absolute Gasteiger partial charge is 0.320 e. The predicted octanol–water partition coefficient (Wildman–Crippen LogP) is 2.11. The molecule has 0 saturated heterocycles. The highest BCUT2D eigenvalue weighted by Crippen LogP contribution is 2.36. The highest BCUT2D eigenvalue weighted by molar-refractivity contribution is 14.1. The maximum absolute atomic E-state index is 11.8. The Bertz CT molecular complexity index is 240. The second-order valence-electron chi connectivity index (χ2n) is 3.57. The summed E-state index contributed by atoms with van der Waals surface area (Å²) in [7, 11) is 0. The second kappa shape index (κ2) is 5.09. The molecular formula is C10H15IO3. The molecule has 0 aliphatic heterocycles. The van der Waals surface area contributed by atoms with Crippen molar-refractivity contribution >= 4 is 34.3 Å². The first-order valence-electron chi connectivity index (χ1n) is 4.94. The average molecular weight is 310 g/mol. The van der Waals surface area contributed by atoms with E-state index in [1.54, 1.807) is 6.92 Å². The normalized spacial score (nSPS) is 27.4. The predicted molar refractivity (Wildman–Crippen MR) is 61.4 cm³/mol. The summed E-state index contributed by atoms with van der Waals surface area (Å²) in [5.74, 6) is -0.254. The molecule has 1 saturated carbocycles. The van der Waals surface area contributed by atoms with Crippen molar-refractivity contribution in [2.75, 3.05) is 11.0 Å². The molecule has 0 spiro atoms. The number of rotatable bonds is 3. The van der Waals surface area contributed by atoms with Crippen LogP contribution in [0.15, 0.2) is 0 Å². The molecule has 14 heavy (non-hydrogen) atoms. The van der Waals surface area contributed by atoms with Gasteiger partial charge in [-0.1, -0.05) is 29.0 Å². The Morgan fingerprint density at radius 2 is 2.29 bits per heavy atom. The molecule has 0 aromatic heterocycles. The standard InChI is InChI=1S/C10H15IO3/c1-2-14-9(13)10(7-11)6-4-3-5-8(10)12/h2-7H2,1H3. The zero-order valence-corrected chi connectivity index (χ0v) is 10.5. The van der Waals surface area contributed by atoms with E-state index in [0.717, 1.165) is 12.8 Å². The Kier molecular flexibility index (Phi) is 4.34. The Morgan fingerprint density at radius 3 is 2.79 bits per heavy atom. The van der Waals surface area contributed by atoms with Gasteiger partial charge in [-0.25, -0.2) is 0 Å². The van der Waals surface area contributed by atoms with Crippen LogP contribution in [0, 0.1) is 5.41 Å². The minimum absolute atomic E-state index is 0.0663. The van der Waals surface area contributed by atoms with Gasteiger partial charge in [-0.2, -0.15) is 0 Å². The SMILES string of the molecule is CCOC(=O)C1(CI)CCCCC1=O. The van der Waals surface area contributed by atoms with E-state index in [-0.39, 0.29) is 11.8 Å². The summed E-state index contributed by atoms with van der Waals surface area (Å²) < 4.78 is 5.53. The zero-order chi connectivity index (χ0) is 10.6. The van der Waals surface area contributed by atoms with Crippen molar-refractivity contribution in [3.8, 4) is 0 Å². The monoisotopic (exact) mass is 310 g/mol. The summed E-state index contributed by atoms with van der Waals surface area (Å²) in [4.78, 5) is 23.5. The van der Waals surface area contributed by atoms with Gasteiger partial charge in [0, 0.05) is 10.8 Å². The number of carbonyl (C=O) groups excluding carboxylic acids is 2. The maximum Gasteiger partial charge on any atom is 0.320 e. The van der Waals surface area contributed by atoms with Gasteiger partial charge in [-0.15, -0.1) is 0 Å². The first-order chi connectivity index (χ1) is 6.67. The van der Waals surface area contributed by atoms with E-state index in [0.29, 0.717) is 23.9 Å². The number of Topliss-reactive ketones (excluding diaryl/α,β-unsaturated/α-hetero) is 1. The highest BCUT2D eigenvalue weighted by Gasteiger charge is 2.46. The third-order valence-corrected chi connectivity index (χ3v) is 3.99. The summed E-state index contributed by atoms with van der Waals surface area (Å²) in [5, 5.41) is 0. The van der Waals surface area contributed by atoms with Crippen LogP contribution in [-0.2, 0) is 14.3 Å². The number of ether oxygens (including phenoxy) is 1. The van der Waals surface area contributed by atoms with Gasteiger partial charge in [-0.3, -0.25) is 9.59 Å². The molecule has 1 atom stereocenters. The summed E-state index contributed by atoms with van der Waals surface area (Å²) in [6.07, 6.45) is 3.06. The number of alkyl halides is 1. The van der Waals surface area contributed by atoms with Gasteiger partial charge >= 0.3 is 5.97 Å². The Labute approximate surface area is 97.7 Å². The molecule has 1 fully saturated rings. The van der Waals surface area contributed by atoms with Gasteiger partial charge in [0.2, 0.25) is 0 Å². The molecule has 3 nitrogen and oxygen atoms in total. The summed E-state index contributed by atoms with van der Waals surface area (Å²) in [5.41, 5.74) is -0.825. The molecular weight excluding hydrogens is 295 g/mol. The lowest BCUT2D eigenvalue weighted by Crippen LogP contribution is -2.44. The summed E-state index contributed by atoms with van der Waals surface area (Å²) >= 11 is 2.11. The molecule has 1 rings (SSSR count). The largest absolute Gasteiger partial charge is 0.465 e. The van der Waals surface area contributed by atoms with Gasteiger partial charge in [0.15, 0.2) is 5.78 Å². The van der Waals surface area contributed by atoms with Crippen molar-refractivity contribution in [2.24, 2.45) is 5.41 Å². The number of hydrogen-bond donors (Lipinski definition) is 0. The van der Waals surface area contributed by atoms with E-state index >= 15 is 0 Å². The molecule has 0 aromatic rings. The molecule has 0 radical (unpaired) electrons. The van der Waals surface area contributed by atoms with Crippen LogP contribution >= 0.6 is 22.6 Å². The van der Waals surface area contributed by atoms with Crippen LogP contribution in [0.5, 0.6) is 0 Å². The quantitative estimate of drug-likeness (QED) is 0.347. The molecule has 1 aliphatic carbocycles. The number of esters is 1. The first-order valence-corrected chi connectivity index (χ1v) is 6.46. The van der Waals surface area contributed by atoms with E-state index in [9.17, 15) is 9.59 Å². The molecule has 0 heterocycles. The van der Waals surface area contributed by atoms with Crippen molar-refractivity contribution in [3.63, 3.8) is 0 Å². The fraction of sp³-hybridized carbons (Fsp3) is 0.800. The fourth-order valence-corrected chi connectivity index (χ4v) is 2.89. The molecule has 1 unspecified atom stereocenters. The van der Waals surface area contributed by atoms with E-state index < -0.39 is 5.41 Å². The Balaban J connectivity index is 2.82. The summed E-state index contributed by atoms with van der Waals surface area (Å²) in [6.45, 7) is 2.12. The molecule has 0 bridgehead atoms. The molecule has 0 N–H and O–H groups in total. The summed E-state index contributed by atoms with van der Waals surface area (Å²) in [6, 6.07) is 0. The van der Waals surface area contributed by atoms with Crippen LogP contribution < -0.4 is 0 Å². The van der Waals surface area contributed by atoms with E-state index in [2.05, 4.69) is 22.6 Å². The number of carbonyl (C=O) groups is 2. The van der Waals surface area contributed by atoms with Crippen molar-refractivity contribution < 1.29 is 14.3 Å². The molecule has 1 aliphatic rings. The van der Waals surface area contributed by atoms with Crippen LogP contribution in [0.2, 0.25) is 0 Å². The second-order valence-corrected chi connectivity index (χ2v) is 4.33. The average Bonchev–Trinajstić information content (AvgIpc) is 2.19. The van der Waals surface area contributed by atoms with Crippen LogP contribution in [0.4, 0.5) is 0 Å². The van der Waals surface area contributed by atoms with Crippen LogP contribution in [0.1, 0.15) is 32.6 Å². The molecule has 80 valence electrons. The van der Waals surface area contributed by atoms with Crippen LogP contribution in [0.3, 0.4) is 0 Å². The Morgan fingerprint density at radius 1 is 1.57 bits per heavy atom. The number of hydrogen-bond acceptors (Lipinski definition) is 3. The van der Waals surface area contributed by atoms with Gasteiger partial charge < -0.3 is 4.74 Å². The zero-order valence-electron chi connectivity index (χ0n) is 8.35. The number of ketones is 1. The van der Waals surface area contributed by atoms with Crippen molar-refractivity contribution in [1.29, 1.82) is 0 Å². The third-order valence-electron chi connectivity index (χ3n) is 2.69. The lowest BCUT2D eigenvalue weighted by atomic mass is 9.74. The van der Waals surface area contributed by atoms with Gasteiger partial charge in [0.25, 0.3) is 0 Å². The van der Waals surface area contributed by atoms with Gasteiger partial charge in [-0.05, 0) is 19.8 Å². The van der Waals surface area contributed by atoms with Gasteiger partial charge in [0.1, 0.15) is 5.41 Å². The maximum atomic E-state index is 11.8. The van der Waals surface area contributed by atoms with Crippen LogP contribution in [0.25, 0.3) is 0 Å². The van der Waals surface area contributed by atoms with Gasteiger partial charge in [0.05, 0.1) is 6.61 Å². The topological polar surface area (TPSA) is 43.4 Å². The van der Waals surface area contributed by atoms with E-state index in [1.165, 1.54) is 0 Å². The highest BCUT2D eigenvalue weighted by atomic mass is 127. The lowest BCUT2D eigenvalue weighted by Gasteiger charge is -2.31. The fourth-order valence-electron chi connectivity index (χ4n) is 1.77. The van der Waals surface area contributed by atoms with E-state index in [1.807, 2.05) is 0 Å². The molecule has 0 aromatic carbocycles. The molecule has 0 amide bonds. The van der Waals surface area contributed by atoms with Crippen molar-refractivity contribution in [1.82, 2.24) is 0 Å². The molecule has 4 heteroatoms. The first kappa shape index (κ1) is 11.9. The van der Waals surface area contributed by atoms with Crippen molar-refractivity contribution in [3.05, 3.63) is 0 Å². The minimum Gasteiger partial charge on any atom is -0.465 e. The lowest BCUT2D eigenvalue weighted by molar-refractivity contribution is -0.160. The van der Waals surface area contributed by atoms with E-state index in [4.69, 9.17) is 4.74 Å². The Hall–Kier alpha value is -0.130. The van der Waals surface area contributed by atoms with Crippen LogP contribution in [-0.4, -0.2) is 22.8 Å². The minimum atomic E-state index is -0.825. The number of halogens is 1. The van der Waals surface area contributed by atoms with Crippen molar-refractivity contribution in [2.45, 2.75) is 32.6 Å².